The molecule has 1 heterocycles. The van der Waals surface area contributed by atoms with E-state index in [9.17, 15) is 18.0 Å². The van der Waals surface area contributed by atoms with Crippen LogP contribution in [-0.4, -0.2) is 44.8 Å². The first-order valence-electron chi connectivity index (χ1n) is 8.14. The standard InChI is InChI=1S/C19H19N3O4S/c1-21(2)27(25,26)15-10-8-14(9-11-15)22(3)19(24)16-12-13-6-4-5-7-17(13)20-18(16)23/h4-12H,1-3H3,(H,20,23). The summed E-state index contributed by atoms with van der Waals surface area (Å²) in [6.07, 6.45) is 0. The zero-order chi connectivity index (χ0) is 19.8. The van der Waals surface area contributed by atoms with Crippen molar-refractivity contribution in [2.45, 2.75) is 4.90 Å². The lowest BCUT2D eigenvalue weighted by atomic mass is 10.1. The number of pyridine rings is 1. The first-order chi connectivity index (χ1) is 12.7. The summed E-state index contributed by atoms with van der Waals surface area (Å²) in [6, 6.07) is 14.7. The van der Waals surface area contributed by atoms with Gasteiger partial charge in [0, 0.05) is 32.3 Å². The van der Waals surface area contributed by atoms with Crippen LogP contribution >= 0.6 is 0 Å². The van der Waals surface area contributed by atoms with E-state index in [-0.39, 0.29) is 10.5 Å². The predicted octanol–water partition coefficient (Wildman–Crippen LogP) is 2.06. The summed E-state index contributed by atoms with van der Waals surface area (Å²) in [6.45, 7) is 0. The Morgan fingerprint density at radius 2 is 1.59 bits per heavy atom. The summed E-state index contributed by atoms with van der Waals surface area (Å²) in [5, 5.41) is 0.751. The zero-order valence-corrected chi connectivity index (χ0v) is 15.9. The number of sulfonamides is 1. The molecule has 3 rings (SSSR count). The van der Waals surface area contributed by atoms with Crippen LogP contribution in [0.1, 0.15) is 10.4 Å². The molecule has 0 aliphatic rings. The molecule has 0 aliphatic carbocycles. The van der Waals surface area contributed by atoms with Crippen LogP contribution < -0.4 is 10.5 Å². The van der Waals surface area contributed by atoms with Gasteiger partial charge in [0.25, 0.3) is 11.5 Å². The third-order valence-electron chi connectivity index (χ3n) is 4.29. The molecule has 3 aromatic rings. The summed E-state index contributed by atoms with van der Waals surface area (Å²) in [7, 11) is 0.885. The van der Waals surface area contributed by atoms with Gasteiger partial charge in [-0.3, -0.25) is 9.59 Å². The lowest BCUT2D eigenvalue weighted by Crippen LogP contribution is -2.31. The number of benzene rings is 2. The Balaban J connectivity index is 1.94. The number of nitrogens with one attached hydrogen (secondary N) is 1. The minimum Gasteiger partial charge on any atom is -0.321 e. The van der Waals surface area contributed by atoms with E-state index in [2.05, 4.69) is 4.98 Å². The summed E-state index contributed by atoms with van der Waals surface area (Å²) < 4.78 is 25.4. The van der Waals surface area contributed by atoms with E-state index in [1.54, 1.807) is 18.2 Å². The lowest BCUT2D eigenvalue weighted by molar-refractivity contribution is 0.0991. The van der Waals surface area contributed by atoms with Crippen molar-refractivity contribution in [1.82, 2.24) is 9.29 Å². The summed E-state index contributed by atoms with van der Waals surface area (Å²) in [5.41, 5.74) is 0.670. The molecule has 1 N–H and O–H groups in total. The predicted molar refractivity (Wildman–Crippen MR) is 105 cm³/mol. The molecule has 0 atom stereocenters. The van der Waals surface area contributed by atoms with Crippen molar-refractivity contribution in [2.75, 3.05) is 26.0 Å². The highest BCUT2D eigenvalue weighted by Crippen LogP contribution is 2.20. The van der Waals surface area contributed by atoms with Gasteiger partial charge >= 0.3 is 0 Å². The Hall–Kier alpha value is -2.97. The summed E-state index contributed by atoms with van der Waals surface area (Å²) >= 11 is 0. The number of rotatable bonds is 4. The maximum Gasteiger partial charge on any atom is 0.263 e. The van der Waals surface area contributed by atoms with Crippen LogP contribution in [0, 0.1) is 0 Å². The lowest BCUT2D eigenvalue weighted by Gasteiger charge is -2.18. The molecule has 7 nitrogen and oxygen atoms in total. The van der Waals surface area contributed by atoms with Gasteiger partial charge in [-0.05, 0) is 41.8 Å². The molecular weight excluding hydrogens is 366 g/mol. The van der Waals surface area contributed by atoms with Gasteiger partial charge in [0.1, 0.15) is 5.56 Å². The average Bonchev–Trinajstić information content (AvgIpc) is 2.66. The Labute approximate surface area is 156 Å². The molecule has 0 saturated carbocycles. The monoisotopic (exact) mass is 385 g/mol. The van der Waals surface area contributed by atoms with Gasteiger partial charge in [-0.1, -0.05) is 18.2 Å². The highest BCUT2D eigenvalue weighted by Gasteiger charge is 2.20. The highest BCUT2D eigenvalue weighted by atomic mass is 32.2. The van der Waals surface area contributed by atoms with Crippen LogP contribution in [0.5, 0.6) is 0 Å². The van der Waals surface area contributed by atoms with E-state index in [0.29, 0.717) is 11.2 Å². The molecule has 27 heavy (non-hydrogen) atoms. The molecule has 0 radical (unpaired) electrons. The topological polar surface area (TPSA) is 90.5 Å². The van der Waals surface area contributed by atoms with Crippen LogP contribution in [0.15, 0.2) is 64.3 Å². The smallest absolute Gasteiger partial charge is 0.263 e. The van der Waals surface area contributed by atoms with E-state index >= 15 is 0 Å². The molecule has 1 amide bonds. The van der Waals surface area contributed by atoms with E-state index in [1.165, 1.54) is 50.3 Å². The fourth-order valence-corrected chi connectivity index (χ4v) is 3.56. The Morgan fingerprint density at radius 1 is 0.963 bits per heavy atom. The quantitative estimate of drug-likeness (QED) is 0.744. The summed E-state index contributed by atoms with van der Waals surface area (Å²) in [4.78, 5) is 29.2. The van der Waals surface area contributed by atoms with Crippen LogP contribution in [0.4, 0.5) is 5.69 Å². The maximum absolute atomic E-state index is 12.8. The Bertz CT molecular complexity index is 1170. The molecule has 2 aromatic carbocycles. The number of nitrogens with zero attached hydrogens (tertiary/aromatic N) is 2. The SMILES string of the molecule is CN(C(=O)c1cc2ccccc2[nH]c1=O)c1ccc(S(=O)(=O)N(C)C)cc1. The van der Waals surface area contributed by atoms with Gasteiger partial charge in [-0.2, -0.15) is 0 Å². The highest BCUT2D eigenvalue weighted by molar-refractivity contribution is 7.89. The molecule has 1 aromatic heterocycles. The van der Waals surface area contributed by atoms with Gasteiger partial charge in [0.2, 0.25) is 10.0 Å². The van der Waals surface area contributed by atoms with E-state index < -0.39 is 21.5 Å². The second kappa shape index (κ2) is 6.98. The molecule has 0 fully saturated rings. The van der Waals surface area contributed by atoms with E-state index in [4.69, 9.17) is 0 Å². The van der Waals surface area contributed by atoms with Crippen molar-refractivity contribution in [3.63, 3.8) is 0 Å². The number of H-pyrrole nitrogens is 1. The van der Waals surface area contributed by atoms with Crippen LogP contribution in [0.3, 0.4) is 0 Å². The Morgan fingerprint density at radius 3 is 2.22 bits per heavy atom. The first-order valence-corrected chi connectivity index (χ1v) is 9.58. The molecular formula is C19H19N3O4S. The third-order valence-corrected chi connectivity index (χ3v) is 6.12. The number of para-hydroxylation sites is 1. The fraction of sp³-hybridized carbons (Fsp3) is 0.158. The molecule has 0 unspecified atom stereocenters. The first kappa shape index (κ1) is 18.8. The van der Waals surface area contributed by atoms with Crippen LogP contribution in [0.25, 0.3) is 10.9 Å². The summed E-state index contributed by atoms with van der Waals surface area (Å²) in [5.74, 6) is -0.481. The minimum atomic E-state index is -3.55. The second-order valence-electron chi connectivity index (χ2n) is 6.24. The fourth-order valence-electron chi connectivity index (χ4n) is 2.66. The van der Waals surface area contributed by atoms with Gasteiger partial charge in [0.05, 0.1) is 4.90 Å². The average molecular weight is 385 g/mol. The largest absolute Gasteiger partial charge is 0.321 e. The van der Waals surface area contributed by atoms with Crippen LogP contribution in [0.2, 0.25) is 0 Å². The van der Waals surface area contributed by atoms with Crippen molar-refractivity contribution >= 4 is 32.5 Å². The maximum atomic E-state index is 12.8. The molecule has 0 bridgehead atoms. The number of hydrogen-bond acceptors (Lipinski definition) is 4. The minimum absolute atomic E-state index is 0.0150. The van der Waals surface area contributed by atoms with Gasteiger partial charge < -0.3 is 9.88 Å². The van der Waals surface area contributed by atoms with Crippen molar-refractivity contribution in [2.24, 2.45) is 0 Å². The molecule has 8 heteroatoms. The molecule has 0 spiro atoms. The van der Waals surface area contributed by atoms with Gasteiger partial charge in [-0.15, -0.1) is 0 Å². The van der Waals surface area contributed by atoms with Crippen LogP contribution in [-0.2, 0) is 10.0 Å². The van der Waals surface area contributed by atoms with Gasteiger partial charge in [-0.25, -0.2) is 12.7 Å². The second-order valence-corrected chi connectivity index (χ2v) is 8.40. The molecule has 0 saturated heterocycles. The number of anilines is 1. The molecule has 0 aliphatic heterocycles. The normalized spacial score (nSPS) is 11.7. The number of aromatic nitrogens is 1. The van der Waals surface area contributed by atoms with Crippen molar-refractivity contribution in [1.29, 1.82) is 0 Å². The Kier molecular flexibility index (Phi) is 4.86. The number of carbonyl (C=O) groups excluding carboxylic acids is 1. The zero-order valence-electron chi connectivity index (χ0n) is 15.1. The number of amides is 1. The van der Waals surface area contributed by atoms with Crippen molar-refractivity contribution in [3.05, 3.63) is 70.5 Å². The van der Waals surface area contributed by atoms with Crippen molar-refractivity contribution < 1.29 is 13.2 Å². The molecule has 140 valence electrons. The van der Waals surface area contributed by atoms with Gasteiger partial charge in [0.15, 0.2) is 0 Å². The third kappa shape index (κ3) is 3.49. The van der Waals surface area contributed by atoms with E-state index in [0.717, 1.165) is 9.69 Å². The number of hydrogen-bond donors (Lipinski definition) is 1. The van der Waals surface area contributed by atoms with Crippen molar-refractivity contribution in [3.8, 4) is 0 Å². The number of carbonyl (C=O) groups is 1. The number of aromatic amines is 1. The van der Waals surface area contributed by atoms with E-state index in [1.807, 2.05) is 12.1 Å². The number of fused-ring (bicyclic) bond motifs is 1.